The van der Waals surface area contributed by atoms with E-state index in [2.05, 4.69) is 9.97 Å². The predicted octanol–water partition coefficient (Wildman–Crippen LogP) is 4.80. The zero-order chi connectivity index (χ0) is 16.9. The number of halogens is 2. The van der Waals surface area contributed by atoms with Gasteiger partial charge >= 0.3 is 5.97 Å². The molecule has 0 bridgehead atoms. The number of carbonyl (C=O) groups is 1. The number of ether oxygens (including phenoxy) is 1. The van der Waals surface area contributed by atoms with E-state index in [-0.39, 0.29) is 19.0 Å². The molecule has 4 nitrogen and oxygen atoms in total. The van der Waals surface area contributed by atoms with Crippen LogP contribution < -0.4 is 0 Å². The molecule has 0 unspecified atom stereocenters. The van der Waals surface area contributed by atoms with Gasteiger partial charge in [-0.15, -0.1) is 11.3 Å². The van der Waals surface area contributed by atoms with Gasteiger partial charge in [0.25, 0.3) is 0 Å². The number of hydrogen-bond donors (Lipinski definition) is 0. The van der Waals surface area contributed by atoms with Crippen molar-refractivity contribution in [3.8, 4) is 10.6 Å². The molecular weight excluding hydrogens is 367 g/mol. The molecular formula is C17H12Cl2N2O2S. The molecule has 0 N–H and O–H groups in total. The van der Waals surface area contributed by atoms with Crippen LogP contribution in [0.2, 0.25) is 10.2 Å². The first-order chi connectivity index (χ1) is 11.6. The minimum Gasteiger partial charge on any atom is -0.460 e. The van der Waals surface area contributed by atoms with Gasteiger partial charge in [0, 0.05) is 27.7 Å². The quantitative estimate of drug-likeness (QED) is 0.472. The molecule has 0 radical (unpaired) electrons. The van der Waals surface area contributed by atoms with Gasteiger partial charge in [0.1, 0.15) is 16.8 Å². The second-order valence-electron chi connectivity index (χ2n) is 4.98. The van der Waals surface area contributed by atoms with Crippen molar-refractivity contribution in [2.75, 3.05) is 0 Å². The van der Waals surface area contributed by atoms with Gasteiger partial charge in [0.2, 0.25) is 0 Å². The highest BCUT2D eigenvalue weighted by molar-refractivity contribution is 7.13. The molecule has 2 heterocycles. The van der Waals surface area contributed by atoms with Crippen molar-refractivity contribution in [2.45, 2.75) is 13.0 Å². The van der Waals surface area contributed by atoms with Crippen LogP contribution in [-0.4, -0.2) is 15.9 Å². The van der Waals surface area contributed by atoms with Crippen LogP contribution in [0, 0.1) is 0 Å². The van der Waals surface area contributed by atoms with Crippen molar-refractivity contribution in [3.05, 3.63) is 69.4 Å². The number of nitrogens with zero attached hydrogens (tertiary/aromatic N) is 2. The standard InChI is InChI=1S/C17H12Cl2N2O2S/c18-13-4-2-12(3-5-13)17-21-14(10-24-17)7-16(22)23-9-11-1-6-15(19)20-8-11/h1-6,8,10H,7,9H2. The molecule has 0 saturated carbocycles. The van der Waals surface area contributed by atoms with E-state index >= 15 is 0 Å². The number of rotatable bonds is 5. The van der Waals surface area contributed by atoms with Gasteiger partial charge in [-0.2, -0.15) is 0 Å². The molecule has 0 spiro atoms. The van der Waals surface area contributed by atoms with Crippen molar-refractivity contribution in [1.82, 2.24) is 9.97 Å². The van der Waals surface area contributed by atoms with Gasteiger partial charge in [-0.25, -0.2) is 9.97 Å². The molecule has 0 aliphatic carbocycles. The minimum atomic E-state index is -0.335. The Morgan fingerprint density at radius 3 is 2.62 bits per heavy atom. The van der Waals surface area contributed by atoms with Gasteiger partial charge in [-0.05, 0) is 18.2 Å². The summed E-state index contributed by atoms with van der Waals surface area (Å²) in [5, 5.41) is 3.78. The van der Waals surface area contributed by atoms with Crippen LogP contribution in [-0.2, 0) is 22.6 Å². The first kappa shape index (κ1) is 16.9. The summed E-state index contributed by atoms with van der Waals surface area (Å²) in [6, 6.07) is 10.8. The monoisotopic (exact) mass is 378 g/mol. The number of benzene rings is 1. The molecule has 0 aliphatic heterocycles. The van der Waals surface area contributed by atoms with Gasteiger partial charge < -0.3 is 4.74 Å². The summed E-state index contributed by atoms with van der Waals surface area (Å²) < 4.78 is 5.23. The summed E-state index contributed by atoms with van der Waals surface area (Å²) in [5.74, 6) is -0.335. The summed E-state index contributed by atoms with van der Waals surface area (Å²) in [6.07, 6.45) is 1.71. The topological polar surface area (TPSA) is 52.1 Å². The van der Waals surface area contributed by atoms with Gasteiger partial charge in [0.15, 0.2) is 0 Å². The Kier molecular flexibility index (Phi) is 5.45. The summed E-state index contributed by atoms with van der Waals surface area (Å²) >= 11 is 13.1. The fraction of sp³-hybridized carbons (Fsp3) is 0.118. The van der Waals surface area contributed by atoms with E-state index in [1.807, 2.05) is 29.6 Å². The lowest BCUT2D eigenvalue weighted by atomic mass is 10.2. The zero-order valence-electron chi connectivity index (χ0n) is 12.4. The van der Waals surface area contributed by atoms with E-state index < -0.39 is 0 Å². The third kappa shape index (κ3) is 4.54. The van der Waals surface area contributed by atoms with Crippen LogP contribution in [0.15, 0.2) is 48.0 Å². The van der Waals surface area contributed by atoms with Crippen molar-refractivity contribution in [3.63, 3.8) is 0 Å². The summed E-state index contributed by atoms with van der Waals surface area (Å²) in [7, 11) is 0. The van der Waals surface area contributed by atoms with Crippen molar-refractivity contribution in [1.29, 1.82) is 0 Å². The summed E-state index contributed by atoms with van der Waals surface area (Å²) in [6.45, 7) is 0.164. The number of aromatic nitrogens is 2. The Balaban J connectivity index is 1.57. The van der Waals surface area contributed by atoms with Gasteiger partial charge in [-0.1, -0.05) is 41.4 Å². The van der Waals surface area contributed by atoms with Crippen LogP contribution in [0.3, 0.4) is 0 Å². The molecule has 122 valence electrons. The molecule has 3 rings (SSSR count). The highest BCUT2D eigenvalue weighted by atomic mass is 35.5. The molecule has 0 fully saturated rings. The Morgan fingerprint density at radius 1 is 1.12 bits per heavy atom. The lowest BCUT2D eigenvalue weighted by Gasteiger charge is -2.03. The van der Waals surface area contributed by atoms with E-state index in [0.29, 0.717) is 15.9 Å². The number of pyridine rings is 1. The van der Waals surface area contributed by atoms with E-state index in [1.165, 1.54) is 11.3 Å². The smallest absolute Gasteiger partial charge is 0.312 e. The molecule has 3 aromatic rings. The minimum absolute atomic E-state index is 0.130. The average molecular weight is 379 g/mol. The van der Waals surface area contributed by atoms with E-state index in [4.69, 9.17) is 27.9 Å². The molecule has 24 heavy (non-hydrogen) atoms. The lowest BCUT2D eigenvalue weighted by molar-refractivity contribution is -0.144. The fourth-order valence-electron chi connectivity index (χ4n) is 1.97. The fourth-order valence-corrected chi connectivity index (χ4v) is 3.03. The van der Waals surface area contributed by atoms with Crippen LogP contribution in [0.1, 0.15) is 11.3 Å². The van der Waals surface area contributed by atoms with Crippen molar-refractivity contribution in [2.24, 2.45) is 0 Å². The van der Waals surface area contributed by atoms with Crippen molar-refractivity contribution < 1.29 is 9.53 Å². The Hall–Kier alpha value is -1.95. The Morgan fingerprint density at radius 2 is 1.92 bits per heavy atom. The number of hydrogen-bond acceptors (Lipinski definition) is 5. The maximum Gasteiger partial charge on any atom is 0.312 e. The molecule has 0 atom stereocenters. The van der Waals surface area contributed by atoms with Crippen molar-refractivity contribution >= 4 is 40.5 Å². The highest BCUT2D eigenvalue weighted by Gasteiger charge is 2.10. The summed E-state index contributed by atoms with van der Waals surface area (Å²) in [4.78, 5) is 20.3. The van der Waals surface area contributed by atoms with Crippen LogP contribution in [0.25, 0.3) is 10.6 Å². The Bertz CT molecular complexity index is 833. The SMILES string of the molecule is O=C(Cc1csc(-c2ccc(Cl)cc2)n1)OCc1ccc(Cl)nc1. The maximum absolute atomic E-state index is 11.9. The lowest BCUT2D eigenvalue weighted by Crippen LogP contribution is -2.08. The molecule has 2 aromatic heterocycles. The van der Waals surface area contributed by atoms with Gasteiger partial charge in [-0.3, -0.25) is 4.79 Å². The largest absolute Gasteiger partial charge is 0.460 e. The number of thiazole rings is 1. The third-order valence-electron chi connectivity index (χ3n) is 3.16. The van der Waals surface area contributed by atoms with E-state index in [9.17, 15) is 4.79 Å². The third-order valence-corrected chi connectivity index (χ3v) is 4.57. The van der Waals surface area contributed by atoms with Crippen LogP contribution >= 0.6 is 34.5 Å². The Labute approximate surface area is 153 Å². The zero-order valence-corrected chi connectivity index (χ0v) is 14.7. The van der Waals surface area contributed by atoms with Crippen LogP contribution in [0.5, 0.6) is 0 Å². The first-order valence-electron chi connectivity index (χ1n) is 7.06. The number of carbonyl (C=O) groups excluding carboxylic acids is 1. The molecule has 0 saturated heterocycles. The first-order valence-corrected chi connectivity index (χ1v) is 8.70. The average Bonchev–Trinajstić information content (AvgIpc) is 3.03. The number of esters is 1. The predicted molar refractivity (Wildman–Crippen MR) is 95.3 cm³/mol. The second kappa shape index (κ2) is 7.75. The molecule has 0 aliphatic rings. The van der Waals surface area contributed by atoms with E-state index in [0.717, 1.165) is 16.1 Å². The highest BCUT2D eigenvalue weighted by Crippen LogP contribution is 2.25. The summed E-state index contributed by atoms with van der Waals surface area (Å²) in [5.41, 5.74) is 2.44. The molecule has 7 heteroatoms. The normalized spacial score (nSPS) is 10.6. The second-order valence-corrected chi connectivity index (χ2v) is 6.66. The maximum atomic E-state index is 11.9. The van der Waals surface area contributed by atoms with Crippen LogP contribution in [0.4, 0.5) is 0 Å². The molecule has 1 aromatic carbocycles. The van der Waals surface area contributed by atoms with Gasteiger partial charge in [0.05, 0.1) is 12.1 Å². The van der Waals surface area contributed by atoms with E-state index in [1.54, 1.807) is 18.3 Å². The molecule has 0 amide bonds.